The Labute approximate surface area is 142 Å². The van der Waals surface area contributed by atoms with Crippen LogP contribution in [0.15, 0.2) is 48.5 Å². The Bertz CT molecular complexity index is 657. The molecule has 0 aliphatic carbocycles. The molecule has 0 bridgehead atoms. The molecule has 1 radical (unpaired) electrons. The first kappa shape index (κ1) is 15.6. The number of rotatable bonds is 4. The highest BCUT2D eigenvalue weighted by molar-refractivity contribution is 5.33. The van der Waals surface area contributed by atoms with Crippen molar-refractivity contribution in [3.63, 3.8) is 0 Å². The van der Waals surface area contributed by atoms with Crippen molar-refractivity contribution in [3.8, 4) is 11.5 Å². The van der Waals surface area contributed by atoms with Crippen molar-refractivity contribution in [2.75, 3.05) is 26.2 Å². The third kappa shape index (κ3) is 3.30. The van der Waals surface area contributed by atoms with Gasteiger partial charge in [0.05, 0.1) is 0 Å². The summed E-state index contributed by atoms with van der Waals surface area (Å²) in [4.78, 5) is 2.29. The summed E-state index contributed by atoms with van der Waals surface area (Å²) in [7, 11) is 0. The minimum absolute atomic E-state index is 0.0312. The zero-order chi connectivity index (χ0) is 16.4. The lowest BCUT2D eigenvalue weighted by Crippen LogP contribution is -2.60. The highest BCUT2D eigenvalue weighted by atomic mass is 19.1. The Morgan fingerprint density at radius 2 is 1.96 bits per heavy atom. The van der Waals surface area contributed by atoms with Crippen LogP contribution in [0.2, 0.25) is 0 Å². The number of likely N-dealkylation sites (tertiary alicyclic amines) is 1. The van der Waals surface area contributed by atoms with E-state index in [0.29, 0.717) is 18.3 Å². The van der Waals surface area contributed by atoms with E-state index in [1.54, 1.807) is 0 Å². The van der Waals surface area contributed by atoms with E-state index in [1.165, 1.54) is 0 Å². The molecule has 2 saturated heterocycles. The Balaban J connectivity index is 1.39. The zero-order valence-corrected chi connectivity index (χ0v) is 13.6. The highest BCUT2D eigenvalue weighted by Crippen LogP contribution is 2.33. The quantitative estimate of drug-likeness (QED) is 0.933. The van der Waals surface area contributed by atoms with Gasteiger partial charge in [-0.3, -0.25) is 4.90 Å². The molecule has 0 spiro atoms. The molecule has 2 aromatic carbocycles. The molecule has 2 aliphatic heterocycles. The largest absolute Gasteiger partial charge is 0.457 e. The number of para-hydroxylation sites is 1. The van der Waals surface area contributed by atoms with Crippen LogP contribution in [-0.2, 0) is 0 Å². The smallest absolute Gasteiger partial charge is 0.135 e. The molecule has 0 aromatic heterocycles. The Kier molecular flexibility index (Phi) is 4.50. The predicted molar refractivity (Wildman–Crippen MR) is 92.3 cm³/mol. The van der Waals surface area contributed by atoms with E-state index >= 15 is 0 Å². The topological polar surface area (TPSA) is 24.5 Å². The van der Waals surface area contributed by atoms with E-state index in [0.717, 1.165) is 37.4 Å². The molecule has 2 heterocycles. The average Bonchev–Trinajstić information content (AvgIpc) is 2.55. The molecule has 4 heteroatoms. The van der Waals surface area contributed by atoms with Crippen LogP contribution >= 0.6 is 0 Å². The summed E-state index contributed by atoms with van der Waals surface area (Å²) in [5.74, 6) is 1.42. The second kappa shape index (κ2) is 6.91. The van der Waals surface area contributed by atoms with Crippen LogP contribution in [0.25, 0.3) is 0 Å². The number of piperidine rings is 1. The van der Waals surface area contributed by atoms with Crippen LogP contribution in [0.4, 0.5) is 4.39 Å². The van der Waals surface area contributed by atoms with Crippen molar-refractivity contribution >= 4 is 0 Å². The minimum Gasteiger partial charge on any atom is -0.457 e. The molecule has 2 aliphatic rings. The number of nitrogens with one attached hydrogen (secondary N) is 1. The van der Waals surface area contributed by atoms with Crippen LogP contribution in [0.3, 0.4) is 0 Å². The Morgan fingerprint density at radius 3 is 2.58 bits per heavy atom. The lowest BCUT2D eigenvalue weighted by molar-refractivity contribution is 0.0604. The fourth-order valence-electron chi connectivity index (χ4n) is 3.50. The molecule has 1 N–H and O–H groups in total. The number of benzene rings is 2. The molecule has 0 unspecified atom stereocenters. The minimum atomic E-state index is -0.811. The number of ether oxygens (including phenoxy) is 1. The third-order valence-electron chi connectivity index (χ3n) is 5.06. The van der Waals surface area contributed by atoms with Gasteiger partial charge in [0.1, 0.15) is 17.7 Å². The maximum Gasteiger partial charge on any atom is 0.135 e. The van der Waals surface area contributed by atoms with Gasteiger partial charge >= 0.3 is 0 Å². The second-order valence-electron chi connectivity index (χ2n) is 6.62. The van der Waals surface area contributed by atoms with Crippen molar-refractivity contribution in [2.24, 2.45) is 0 Å². The van der Waals surface area contributed by atoms with Crippen LogP contribution in [-0.4, -0.2) is 43.3 Å². The van der Waals surface area contributed by atoms with E-state index in [-0.39, 0.29) is 5.92 Å². The molecule has 2 aromatic rings. The summed E-state index contributed by atoms with van der Waals surface area (Å²) in [6, 6.07) is 19.1. The average molecular weight is 325 g/mol. The number of hydrogen-bond acceptors (Lipinski definition) is 3. The van der Waals surface area contributed by atoms with E-state index in [4.69, 9.17) is 4.74 Å². The first-order chi connectivity index (χ1) is 11.8. The number of halogens is 1. The van der Waals surface area contributed by atoms with Crippen molar-refractivity contribution < 1.29 is 9.13 Å². The van der Waals surface area contributed by atoms with Crippen molar-refractivity contribution in [1.82, 2.24) is 10.2 Å². The lowest BCUT2D eigenvalue weighted by Gasteiger charge is -2.43. The van der Waals surface area contributed by atoms with Gasteiger partial charge in [-0.2, -0.15) is 0 Å². The van der Waals surface area contributed by atoms with E-state index < -0.39 is 6.17 Å². The van der Waals surface area contributed by atoms with Crippen molar-refractivity contribution in [1.29, 1.82) is 0 Å². The summed E-state index contributed by atoms with van der Waals surface area (Å²) in [6.07, 6.45) is 0.0540. The number of hydrogen-bond donors (Lipinski definition) is 1. The molecule has 24 heavy (non-hydrogen) atoms. The molecule has 4 rings (SSSR count). The molecule has 2 atom stereocenters. The Hall–Kier alpha value is -1.91. The third-order valence-corrected chi connectivity index (χ3v) is 5.06. The normalized spacial score (nSPS) is 25.2. The molecular formula is C20H22FN2O. The monoisotopic (exact) mass is 325 g/mol. The van der Waals surface area contributed by atoms with Gasteiger partial charge in [-0.1, -0.05) is 24.3 Å². The molecule has 0 amide bonds. The summed E-state index contributed by atoms with van der Waals surface area (Å²) in [6.45, 7) is 3.51. The van der Waals surface area contributed by atoms with Crippen LogP contribution in [0.1, 0.15) is 17.9 Å². The van der Waals surface area contributed by atoms with Gasteiger partial charge in [-0.05, 0) is 42.8 Å². The molecule has 3 nitrogen and oxygen atoms in total. The molecule has 2 fully saturated rings. The maximum absolute atomic E-state index is 14.6. The van der Waals surface area contributed by atoms with Gasteiger partial charge in [0.25, 0.3) is 0 Å². The van der Waals surface area contributed by atoms with Crippen LogP contribution in [0.5, 0.6) is 11.5 Å². The fourth-order valence-corrected chi connectivity index (χ4v) is 3.50. The fraction of sp³-hybridized carbons (Fsp3) is 0.400. The summed E-state index contributed by atoms with van der Waals surface area (Å²) in [5.41, 5.74) is 1.02. The lowest BCUT2D eigenvalue weighted by atomic mass is 9.87. The van der Waals surface area contributed by atoms with E-state index in [9.17, 15) is 4.39 Å². The Morgan fingerprint density at radius 1 is 1.12 bits per heavy atom. The summed E-state index contributed by atoms with van der Waals surface area (Å²) < 4.78 is 20.4. The highest BCUT2D eigenvalue weighted by Gasteiger charge is 2.35. The second-order valence-corrected chi connectivity index (χ2v) is 6.62. The van der Waals surface area contributed by atoms with Gasteiger partial charge in [0, 0.05) is 37.7 Å². The predicted octanol–water partition coefficient (Wildman–Crippen LogP) is 3.38. The SMILES string of the molecule is F[C@@H]1CN(C2CNC2)CC[C@H]1c1c[c]c(Oc2ccccc2)cc1. The molecule has 0 saturated carbocycles. The van der Waals surface area contributed by atoms with Gasteiger partial charge in [-0.25, -0.2) is 4.39 Å². The number of alkyl halides is 1. The number of nitrogens with zero attached hydrogens (tertiary/aromatic N) is 1. The van der Waals surface area contributed by atoms with Gasteiger partial charge in [0.2, 0.25) is 0 Å². The zero-order valence-electron chi connectivity index (χ0n) is 13.6. The van der Waals surface area contributed by atoms with Gasteiger partial charge < -0.3 is 10.1 Å². The first-order valence-electron chi connectivity index (χ1n) is 8.63. The van der Waals surface area contributed by atoms with Crippen LogP contribution < -0.4 is 10.1 Å². The standard InChI is InChI=1S/C20H22FN2O/c21-20-14-23(16-12-22-13-16)11-10-19(20)15-6-8-18(9-7-15)24-17-4-2-1-3-5-17/h1-8,16,19-20,22H,10-14H2/t19-,20+/m0/s1. The maximum atomic E-state index is 14.6. The van der Waals surface area contributed by atoms with Gasteiger partial charge in [-0.15, -0.1) is 0 Å². The summed E-state index contributed by atoms with van der Waals surface area (Å²) in [5, 5.41) is 3.26. The molecule has 125 valence electrons. The van der Waals surface area contributed by atoms with E-state index in [2.05, 4.69) is 16.3 Å². The van der Waals surface area contributed by atoms with E-state index in [1.807, 2.05) is 48.5 Å². The van der Waals surface area contributed by atoms with Gasteiger partial charge in [0.15, 0.2) is 0 Å². The van der Waals surface area contributed by atoms with Crippen molar-refractivity contribution in [3.05, 3.63) is 60.2 Å². The molecular weight excluding hydrogens is 303 g/mol. The first-order valence-corrected chi connectivity index (χ1v) is 8.63. The van der Waals surface area contributed by atoms with Crippen molar-refractivity contribution in [2.45, 2.75) is 24.6 Å². The summed E-state index contributed by atoms with van der Waals surface area (Å²) >= 11 is 0. The van der Waals surface area contributed by atoms with Crippen LogP contribution in [0, 0.1) is 6.07 Å².